The third kappa shape index (κ3) is 5.93. The van der Waals surface area contributed by atoms with E-state index in [1.54, 1.807) is 24.3 Å². The highest BCUT2D eigenvalue weighted by Crippen LogP contribution is 2.26. The lowest BCUT2D eigenvalue weighted by molar-refractivity contribution is 0.0846. The third-order valence-electron chi connectivity index (χ3n) is 4.47. The minimum Gasteiger partial charge on any atom is -0.497 e. The Morgan fingerprint density at radius 1 is 0.758 bits per heavy atom. The lowest BCUT2D eigenvalue weighted by atomic mass is 10.2. The molecule has 0 aromatic heterocycles. The molecule has 0 bridgehead atoms. The molecule has 0 saturated heterocycles. The Hall–Kier alpha value is -3.76. The van der Waals surface area contributed by atoms with Crippen LogP contribution in [0.15, 0.2) is 71.6 Å². The van der Waals surface area contributed by atoms with Gasteiger partial charge in [-0.1, -0.05) is 11.6 Å². The monoisotopic (exact) mass is 489 g/mol. The lowest BCUT2D eigenvalue weighted by Gasteiger charge is -2.12. The molecule has 11 heteroatoms. The Balaban J connectivity index is 1.72. The van der Waals surface area contributed by atoms with Crippen LogP contribution >= 0.6 is 11.6 Å². The molecule has 172 valence electrons. The van der Waals surface area contributed by atoms with E-state index in [1.165, 1.54) is 50.6 Å². The van der Waals surface area contributed by atoms with Crippen molar-refractivity contribution >= 4 is 39.1 Å². The van der Waals surface area contributed by atoms with E-state index in [9.17, 15) is 18.0 Å². The van der Waals surface area contributed by atoms with Gasteiger partial charge in [0.1, 0.15) is 16.4 Å². The third-order valence-corrected chi connectivity index (χ3v) is 6.33. The highest BCUT2D eigenvalue weighted by molar-refractivity contribution is 7.92. The van der Waals surface area contributed by atoms with Gasteiger partial charge in [-0.15, -0.1) is 0 Å². The number of benzene rings is 3. The van der Waals surface area contributed by atoms with Crippen LogP contribution in [0.2, 0.25) is 5.02 Å². The zero-order valence-corrected chi connectivity index (χ0v) is 19.2. The molecule has 3 rings (SSSR count). The average Bonchev–Trinajstić information content (AvgIpc) is 2.82. The number of hydrogen-bond donors (Lipinski definition) is 3. The molecule has 0 saturated carbocycles. The number of ether oxygens (including phenoxy) is 2. The van der Waals surface area contributed by atoms with E-state index in [2.05, 4.69) is 15.6 Å². The molecule has 0 heterocycles. The van der Waals surface area contributed by atoms with Gasteiger partial charge in [-0.2, -0.15) is 0 Å². The molecule has 33 heavy (non-hydrogen) atoms. The van der Waals surface area contributed by atoms with Crippen molar-refractivity contribution in [2.45, 2.75) is 4.90 Å². The van der Waals surface area contributed by atoms with Crippen LogP contribution < -0.4 is 25.0 Å². The molecule has 2 amide bonds. The van der Waals surface area contributed by atoms with Crippen LogP contribution in [0.3, 0.4) is 0 Å². The van der Waals surface area contributed by atoms with Crippen molar-refractivity contribution < 1.29 is 27.5 Å². The number of methoxy groups -OCH3 is 2. The van der Waals surface area contributed by atoms with Crippen molar-refractivity contribution in [3.05, 3.63) is 82.9 Å². The minimum atomic E-state index is -4.10. The maximum absolute atomic E-state index is 12.8. The molecule has 3 N–H and O–H groups in total. The summed E-state index contributed by atoms with van der Waals surface area (Å²) in [6, 6.07) is 16.2. The van der Waals surface area contributed by atoms with Crippen LogP contribution in [0.4, 0.5) is 5.69 Å². The number of hydrazine groups is 1. The van der Waals surface area contributed by atoms with Crippen molar-refractivity contribution in [2.75, 3.05) is 18.9 Å². The zero-order valence-electron chi connectivity index (χ0n) is 17.6. The fourth-order valence-electron chi connectivity index (χ4n) is 2.72. The number of carbonyl (C=O) groups is 2. The standard InChI is InChI=1S/C22H20ClN3O6S/c1-31-17-8-3-14(4-9-17)21(27)24-25-22(28)15-5-12-19(23)20(13-15)33(29,30)26-16-6-10-18(32-2)11-7-16/h3-13,26H,1-2H3,(H,24,27)(H,25,28). The van der Waals surface area contributed by atoms with Crippen LogP contribution in [-0.2, 0) is 10.0 Å². The molecule has 0 aliphatic rings. The Morgan fingerprint density at radius 3 is 1.79 bits per heavy atom. The summed E-state index contributed by atoms with van der Waals surface area (Å²) in [4.78, 5) is 24.4. The molecule has 0 spiro atoms. The summed E-state index contributed by atoms with van der Waals surface area (Å²) >= 11 is 6.08. The Kier molecular flexibility index (Phi) is 7.41. The van der Waals surface area contributed by atoms with E-state index in [0.717, 1.165) is 6.07 Å². The van der Waals surface area contributed by atoms with E-state index in [0.29, 0.717) is 17.1 Å². The molecule has 0 radical (unpaired) electrons. The van der Waals surface area contributed by atoms with Crippen molar-refractivity contribution in [2.24, 2.45) is 0 Å². The number of hydrogen-bond acceptors (Lipinski definition) is 6. The van der Waals surface area contributed by atoms with Crippen molar-refractivity contribution in [3.63, 3.8) is 0 Å². The first-order chi connectivity index (χ1) is 15.7. The molecular formula is C22H20ClN3O6S. The number of nitrogens with one attached hydrogen (secondary N) is 3. The average molecular weight is 490 g/mol. The van der Waals surface area contributed by atoms with E-state index < -0.39 is 21.8 Å². The Morgan fingerprint density at radius 2 is 1.24 bits per heavy atom. The van der Waals surface area contributed by atoms with Gasteiger partial charge in [0.25, 0.3) is 21.8 Å². The smallest absolute Gasteiger partial charge is 0.269 e. The SMILES string of the molecule is COc1ccc(NS(=O)(=O)c2cc(C(=O)NNC(=O)c3ccc(OC)cc3)ccc2Cl)cc1. The Bertz CT molecular complexity index is 1260. The van der Waals surface area contributed by atoms with Crippen LogP contribution in [0.1, 0.15) is 20.7 Å². The zero-order chi connectivity index (χ0) is 24.0. The topological polar surface area (TPSA) is 123 Å². The van der Waals surface area contributed by atoms with Gasteiger partial charge in [0.2, 0.25) is 0 Å². The van der Waals surface area contributed by atoms with Crippen molar-refractivity contribution in [1.82, 2.24) is 10.9 Å². The molecule has 0 unspecified atom stereocenters. The summed E-state index contributed by atoms with van der Waals surface area (Å²) in [6.45, 7) is 0. The maximum atomic E-state index is 12.8. The largest absolute Gasteiger partial charge is 0.497 e. The maximum Gasteiger partial charge on any atom is 0.269 e. The summed E-state index contributed by atoms with van der Waals surface area (Å²) in [5, 5.41) is -0.0742. The number of halogens is 1. The van der Waals surface area contributed by atoms with E-state index >= 15 is 0 Å². The molecular weight excluding hydrogens is 470 g/mol. The molecule has 0 fully saturated rings. The molecule has 3 aromatic rings. The van der Waals surface area contributed by atoms with Gasteiger partial charge in [0.05, 0.1) is 19.2 Å². The first-order valence-corrected chi connectivity index (χ1v) is 11.3. The minimum absolute atomic E-state index is 0.0236. The summed E-state index contributed by atoms with van der Waals surface area (Å²) in [5.41, 5.74) is 5.07. The molecule has 0 atom stereocenters. The first kappa shape index (κ1) is 23.9. The molecule has 9 nitrogen and oxygen atoms in total. The highest BCUT2D eigenvalue weighted by atomic mass is 35.5. The number of carbonyl (C=O) groups excluding carboxylic acids is 2. The lowest BCUT2D eigenvalue weighted by Crippen LogP contribution is -2.41. The fraction of sp³-hybridized carbons (Fsp3) is 0.0909. The summed E-state index contributed by atoms with van der Waals surface area (Å²) in [5.74, 6) is -0.150. The molecule has 3 aromatic carbocycles. The molecule has 0 aliphatic heterocycles. The predicted octanol–water partition coefficient (Wildman–Crippen LogP) is 3.23. The first-order valence-electron chi connectivity index (χ1n) is 9.44. The van der Waals surface area contributed by atoms with E-state index in [4.69, 9.17) is 21.1 Å². The van der Waals surface area contributed by atoms with Crippen LogP contribution in [0, 0.1) is 0 Å². The van der Waals surface area contributed by atoms with Gasteiger partial charge in [0, 0.05) is 16.8 Å². The van der Waals surface area contributed by atoms with Crippen LogP contribution in [-0.4, -0.2) is 34.5 Å². The van der Waals surface area contributed by atoms with Gasteiger partial charge in [-0.25, -0.2) is 8.42 Å². The highest BCUT2D eigenvalue weighted by Gasteiger charge is 2.21. The van der Waals surface area contributed by atoms with Gasteiger partial charge in [-0.05, 0) is 66.7 Å². The summed E-state index contributed by atoms with van der Waals surface area (Å²) in [6.07, 6.45) is 0. The quantitative estimate of drug-likeness (QED) is 0.438. The van der Waals surface area contributed by atoms with E-state index in [-0.39, 0.29) is 21.2 Å². The number of rotatable bonds is 7. The van der Waals surface area contributed by atoms with Crippen LogP contribution in [0.25, 0.3) is 0 Å². The number of amides is 2. The Labute approximate surface area is 195 Å². The van der Waals surface area contributed by atoms with Gasteiger partial charge in [0.15, 0.2) is 0 Å². The summed E-state index contributed by atoms with van der Waals surface area (Å²) in [7, 11) is -1.11. The summed E-state index contributed by atoms with van der Waals surface area (Å²) < 4.78 is 38.1. The second-order valence-electron chi connectivity index (χ2n) is 6.62. The van der Waals surface area contributed by atoms with Crippen molar-refractivity contribution in [3.8, 4) is 11.5 Å². The van der Waals surface area contributed by atoms with E-state index in [1.807, 2.05) is 0 Å². The van der Waals surface area contributed by atoms with Crippen molar-refractivity contribution in [1.29, 1.82) is 0 Å². The van der Waals surface area contributed by atoms with Crippen LogP contribution in [0.5, 0.6) is 11.5 Å². The number of sulfonamides is 1. The predicted molar refractivity (Wildman–Crippen MR) is 123 cm³/mol. The van der Waals surface area contributed by atoms with Gasteiger partial charge < -0.3 is 9.47 Å². The van der Waals surface area contributed by atoms with Gasteiger partial charge >= 0.3 is 0 Å². The fourth-order valence-corrected chi connectivity index (χ4v) is 4.31. The molecule has 0 aliphatic carbocycles. The second kappa shape index (κ2) is 10.2. The van der Waals surface area contributed by atoms with Gasteiger partial charge in [-0.3, -0.25) is 25.2 Å². The normalized spacial score (nSPS) is 10.8. The number of anilines is 1. The second-order valence-corrected chi connectivity index (χ2v) is 8.67.